The second kappa shape index (κ2) is 6.31. The molecule has 0 spiro atoms. The van der Waals surface area contributed by atoms with E-state index in [1.807, 2.05) is 0 Å². The van der Waals surface area contributed by atoms with Crippen LogP contribution >= 0.6 is 23.8 Å². The summed E-state index contributed by atoms with van der Waals surface area (Å²) >= 11 is 11.3. The smallest absolute Gasteiger partial charge is 0.230 e. The van der Waals surface area contributed by atoms with E-state index in [0.29, 0.717) is 33.4 Å². The lowest BCUT2D eigenvalue weighted by Gasteiger charge is -2.09. The van der Waals surface area contributed by atoms with E-state index < -0.39 is 0 Å². The summed E-state index contributed by atoms with van der Waals surface area (Å²) in [6, 6.07) is 8.71. The molecule has 0 fully saturated rings. The SMILES string of the molecule is CC(=O)NC(=S)Nc1ccc(Cl)c(-c2nc3ncccc3o2)c1. The summed E-state index contributed by atoms with van der Waals surface area (Å²) in [4.78, 5) is 19.4. The number of fused-ring (bicyclic) bond motifs is 1. The highest BCUT2D eigenvalue weighted by molar-refractivity contribution is 7.80. The van der Waals surface area contributed by atoms with Crippen molar-refractivity contribution in [2.24, 2.45) is 0 Å². The van der Waals surface area contributed by atoms with Crippen LogP contribution in [-0.4, -0.2) is 21.0 Å². The fourth-order valence-electron chi connectivity index (χ4n) is 1.97. The molecule has 2 N–H and O–H groups in total. The number of nitrogens with one attached hydrogen (secondary N) is 2. The number of carbonyl (C=O) groups is 1. The van der Waals surface area contributed by atoms with Crippen LogP contribution in [0.15, 0.2) is 40.9 Å². The van der Waals surface area contributed by atoms with E-state index in [2.05, 4.69) is 20.6 Å². The highest BCUT2D eigenvalue weighted by Crippen LogP contribution is 2.31. The van der Waals surface area contributed by atoms with Gasteiger partial charge in [-0.05, 0) is 42.5 Å². The number of hydrogen-bond acceptors (Lipinski definition) is 5. The maximum absolute atomic E-state index is 11.0. The van der Waals surface area contributed by atoms with Gasteiger partial charge in [-0.3, -0.25) is 4.79 Å². The van der Waals surface area contributed by atoms with Crippen molar-refractivity contribution in [1.82, 2.24) is 15.3 Å². The van der Waals surface area contributed by atoms with Gasteiger partial charge in [0.25, 0.3) is 0 Å². The minimum Gasteiger partial charge on any atom is -0.434 e. The van der Waals surface area contributed by atoms with Gasteiger partial charge in [-0.1, -0.05) is 11.6 Å². The lowest BCUT2D eigenvalue weighted by molar-refractivity contribution is -0.117. The highest BCUT2D eigenvalue weighted by Gasteiger charge is 2.13. The average Bonchev–Trinajstić information content (AvgIpc) is 2.92. The number of benzene rings is 1. The van der Waals surface area contributed by atoms with Gasteiger partial charge in [-0.25, -0.2) is 4.98 Å². The molecule has 0 saturated carbocycles. The number of aromatic nitrogens is 2. The van der Waals surface area contributed by atoms with E-state index >= 15 is 0 Å². The quantitative estimate of drug-likeness (QED) is 0.692. The number of hydrogen-bond donors (Lipinski definition) is 2. The minimum absolute atomic E-state index is 0.199. The molecule has 2 aromatic heterocycles. The molecule has 0 unspecified atom stereocenters. The Morgan fingerprint density at radius 2 is 2.17 bits per heavy atom. The van der Waals surface area contributed by atoms with Crippen molar-refractivity contribution in [3.05, 3.63) is 41.6 Å². The van der Waals surface area contributed by atoms with Gasteiger partial charge in [0.1, 0.15) is 0 Å². The summed E-state index contributed by atoms with van der Waals surface area (Å²) in [6.07, 6.45) is 1.64. The molecular formula is C15H11ClN4O2S. The van der Waals surface area contributed by atoms with Crippen molar-refractivity contribution >= 4 is 51.8 Å². The Morgan fingerprint density at radius 3 is 2.91 bits per heavy atom. The second-order valence-corrected chi connectivity index (χ2v) is 5.49. The zero-order valence-electron chi connectivity index (χ0n) is 12.0. The van der Waals surface area contributed by atoms with Crippen LogP contribution in [0, 0.1) is 0 Å². The predicted octanol–water partition coefficient (Wildman–Crippen LogP) is 3.38. The number of carbonyl (C=O) groups excluding carboxylic acids is 1. The standard InChI is InChI=1S/C15H11ClN4O2S/c1-8(21)18-15(23)19-9-4-5-11(16)10(7-9)14-20-13-12(22-14)3-2-6-17-13/h2-7H,1H3,(H2,18,19,21,23). The molecule has 0 saturated heterocycles. The van der Waals surface area contributed by atoms with E-state index in [4.69, 9.17) is 28.2 Å². The van der Waals surface area contributed by atoms with Gasteiger partial charge >= 0.3 is 0 Å². The number of nitrogens with zero attached hydrogens (tertiary/aromatic N) is 2. The predicted molar refractivity (Wildman–Crippen MR) is 92.3 cm³/mol. The van der Waals surface area contributed by atoms with E-state index in [1.54, 1.807) is 36.5 Å². The molecular weight excluding hydrogens is 336 g/mol. The molecule has 6 nitrogen and oxygen atoms in total. The molecule has 116 valence electrons. The molecule has 0 aliphatic carbocycles. The number of oxazole rings is 1. The number of thiocarbonyl (C=S) groups is 1. The molecule has 2 heterocycles. The highest BCUT2D eigenvalue weighted by atomic mass is 35.5. The monoisotopic (exact) mass is 346 g/mol. The molecule has 0 aliphatic heterocycles. The maximum atomic E-state index is 11.0. The van der Waals surface area contributed by atoms with Crippen LogP contribution in [0.2, 0.25) is 5.02 Å². The first-order valence-corrected chi connectivity index (χ1v) is 7.41. The van der Waals surface area contributed by atoms with Crippen molar-refractivity contribution < 1.29 is 9.21 Å². The number of amides is 1. The summed E-state index contributed by atoms with van der Waals surface area (Å²) in [5.41, 5.74) is 2.33. The summed E-state index contributed by atoms with van der Waals surface area (Å²) in [6.45, 7) is 1.38. The Bertz CT molecular complexity index is 876. The van der Waals surface area contributed by atoms with Gasteiger partial charge in [0, 0.05) is 18.8 Å². The third kappa shape index (κ3) is 3.46. The molecule has 3 aromatic rings. The third-order valence-corrected chi connectivity index (χ3v) is 3.44. The van der Waals surface area contributed by atoms with Crippen LogP contribution in [0.1, 0.15) is 6.92 Å². The molecule has 23 heavy (non-hydrogen) atoms. The zero-order chi connectivity index (χ0) is 16.4. The summed E-state index contributed by atoms with van der Waals surface area (Å²) in [5.74, 6) is 0.111. The van der Waals surface area contributed by atoms with Crippen LogP contribution in [0.4, 0.5) is 5.69 Å². The normalized spacial score (nSPS) is 10.5. The van der Waals surface area contributed by atoms with Gasteiger partial charge in [0.05, 0.1) is 10.6 Å². The number of anilines is 1. The van der Waals surface area contributed by atoms with Gasteiger partial charge in [0.15, 0.2) is 16.3 Å². The minimum atomic E-state index is -0.248. The maximum Gasteiger partial charge on any atom is 0.230 e. The van der Waals surface area contributed by atoms with Crippen LogP contribution in [0.25, 0.3) is 22.7 Å². The zero-order valence-corrected chi connectivity index (χ0v) is 13.5. The first kappa shape index (κ1) is 15.4. The fourth-order valence-corrected chi connectivity index (χ4v) is 2.43. The largest absolute Gasteiger partial charge is 0.434 e. The fraction of sp³-hybridized carbons (Fsp3) is 0.0667. The lowest BCUT2D eigenvalue weighted by Crippen LogP contribution is -2.32. The van der Waals surface area contributed by atoms with E-state index in [0.717, 1.165) is 0 Å². The van der Waals surface area contributed by atoms with Crippen LogP contribution < -0.4 is 10.6 Å². The Morgan fingerprint density at radius 1 is 1.35 bits per heavy atom. The van der Waals surface area contributed by atoms with Crippen LogP contribution in [0.5, 0.6) is 0 Å². The number of rotatable bonds is 2. The van der Waals surface area contributed by atoms with E-state index in [9.17, 15) is 4.79 Å². The Labute approximate surface area is 141 Å². The Hall–Kier alpha value is -2.51. The van der Waals surface area contributed by atoms with Gasteiger partial charge in [0.2, 0.25) is 11.8 Å². The Kier molecular flexibility index (Phi) is 4.22. The number of pyridine rings is 1. The van der Waals surface area contributed by atoms with Crippen LogP contribution in [0.3, 0.4) is 0 Å². The van der Waals surface area contributed by atoms with Gasteiger partial charge < -0.3 is 15.1 Å². The second-order valence-electron chi connectivity index (χ2n) is 4.67. The van der Waals surface area contributed by atoms with Crippen molar-refractivity contribution in [3.8, 4) is 11.5 Å². The van der Waals surface area contributed by atoms with Crippen LogP contribution in [-0.2, 0) is 4.79 Å². The molecule has 3 rings (SSSR count). The topological polar surface area (TPSA) is 80.0 Å². The summed E-state index contributed by atoms with van der Waals surface area (Å²) < 4.78 is 5.67. The molecule has 1 aromatic carbocycles. The van der Waals surface area contributed by atoms with E-state index in [1.165, 1.54) is 6.92 Å². The summed E-state index contributed by atoms with van der Waals surface area (Å²) in [5, 5.41) is 6.06. The van der Waals surface area contributed by atoms with Gasteiger partial charge in [-0.15, -0.1) is 0 Å². The van der Waals surface area contributed by atoms with Crippen molar-refractivity contribution in [2.45, 2.75) is 6.92 Å². The first-order valence-electron chi connectivity index (χ1n) is 6.63. The lowest BCUT2D eigenvalue weighted by atomic mass is 10.2. The third-order valence-electron chi connectivity index (χ3n) is 2.91. The van der Waals surface area contributed by atoms with Gasteiger partial charge in [-0.2, -0.15) is 4.98 Å². The van der Waals surface area contributed by atoms with Crippen molar-refractivity contribution in [1.29, 1.82) is 0 Å². The van der Waals surface area contributed by atoms with Crippen molar-refractivity contribution in [2.75, 3.05) is 5.32 Å². The molecule has 0 atom stereocenters. The molecule has 0 aliphatic rings. The number of halogens is 1. The first-order chi connectivity index (χ1) is 11.0. The summed E-state index contributed by atoms with van der Waals surface area (Å²) in [7, 11) is 0. The average molecular weight is 347 g/mol. The molecule has 0 radical (unpaired) electrons. The van der Waals surface area contributed by atoms with E-state index in [-0.39, 0.29) is 11.0 Å². The Balaban J connectivity index is 1.94. The molecule has 8 heteroatoms. The molecule has 1 amide bonds. The van der Waals surface area contributed by atoms with Crippen molar-refractivity contribution in [3.63, 3.8) is 0 Å². The molecule has 0 bridgehead atoms.